The number of hydrogen-bond donors (Lipinski definition) is 1. The second-order valence-corrected chi connectivity index (χ2v) is 9.39. The van der Waals surface area contributed by atoms with Crippen molar-refractivity contribution >= 4 is 32.0 Å². The van der Waals surface area contributed by atoms with Gasteiger partial charge in [0.1, 0.15) is 6.04 Å². The van der Waals surface area contributed by atoms with Gasteiger partial charge < -0.3 is 14.5 Å². The lowest BCUT2D eigenvalue weighted by Crippen LogP contribution is -2.50. The number of carbonyl (C=O) groups is 1. The normalized spacial score (nSPS) is 14.9. The van der Waals surface area contributed by atoms with Gasteiger partial charge in [-0.25, -0.2) is 4.79 Å². The molecule has 0 aromatic heterocycles. The first-order chi connectivity index (χ1) is 7.85. The molecule has 100 valence electrons. The number of thiocarbonyl (C=S) groups is 1. The maximum absolute atomic E-state index is 11.8. The SMILES string of the molecule is CCOC(=O)C(NC=S)C(CC)O[Si](C)(C)C. The Labute approximate surface area is 110 Å². The highest BCUT2D eigenvalue weighted by atomic mass is 32.1. The summed E-state index contributed by atoms with van der Waals surface area (Å²) in [6.07, 6.45) is 0.545. The van der Waals surface area contributed by atoms with Crippen molar-refractivity contribution in [2.45, 2.75) is 52.1 Å². The number of esters is 1. The first kappa shape index (κ1) is 16.5. The minimum atomic E-state index is -1.70. The molecule has 6 heteroatoms. The maximum atomic E-state index is 11.8. The van der Waals surface area contributed by atoms with E-state index in [2.05, 4.69) is 25.0 Å². The van der Waals surface area contributed by atoms with Gasteiger partial charge in [0.05, 0.1) is 18.2 Å². The largest absolute Gasteiger partial charge is 0.464 e. The van der Waals surface area contributed by atoms with Crippen molar-refractivity contribution in [1.82, 2.24) is 5.32 Å². The molecule has 0 heterocycles. The number of nitrogens with one attached hydrogen (secondary N) is 1. The lowest BCUT2D eigenvalue weighted by atomic mass is 10.1. The van der Waals surface area contributed by atoms with Crippen molar-refractivity contribution in [3.05, 3.63) is 0 Å². The lowest BCUT2D eigenvalue weighted by Gasteiger charge is -2.30. The molecule has 4 nitrogen and oxygen atoms in total. The molecule has 0 bridgehead atoms. The van der Waals surface area contributed by atoms with Crippen molar-refractivity contribution in [2.24, 2.45) is 0 Å². The van der Waals surface area contributed by atoms with E-state index in [4.69, 9.17) is 21.4 Å². The van der Waals surface area contributed by atoms with E-state index < -0.39 is 14.4 Å². The Balaban J connectivity index is 4.73. The predicted octanol–water partition coefficient (Wildman–Crippen LogP) is 2.09. The highest BCUT2D eigenvalue weighted by molar-refractivity contribution is 7.78. The predicted molar refractivity (Wildman–Crippen MR) is 75.7 cm³/mol. The topological polar surface area (TPSA) is 47.6 Å². The van der Waals surface area contributed by atoms with Crippen LogP contribution in [0.5, 0.6) is 0 Å². The fourth-order valence-electron chi connectivity index (χ4n) is 1.47. The molecule has 17 heavy (non-hydrogen) atoms. The summed E-state index contributed by atoms with van der Waals surface area (Å²) in [5, 5.41) is 2.85. The van der Waals surface area contributed by atoms with Crippen LogP contribution in [0, 0.1) is 0 Å². The highest BCUT2D eigenvalue weighted by Gasteiger charge is 2.32. The summed E-state index contributed by atoms with van der Waals surface area (Å²) in [7, 11) is -1.70. The summed E-state index contributed by atoms with van der Waals surface area (Å²) < 4.78 is 11.0. The molecule has 0 aliphatic heterocycles. The van der Waals surface area contributed by atoms with Gasteiger partial charge in [-0.2, -0.15) is 0 Å². The fourth-order valence-corrected chi connectivity index (χ4v) is 2.83. The van der Waals surface area contributed by atoms with Gasteiger partial charge >= 0.3 is 5.97 Å². The van der Waals surface area contributed by atoms with Crippen LogP contribution in [-0.4, -0.2) is 38.5 Å². The second kappa shape index (κ2) is 7.78. The molecule has 0 fully saturated rings. The summed E-state index contributed by atoms with van der Waals surface area (Å²) in [5.41, 5.74) is 1.35. The lowest BCUT2D eigenvalue weighted by molar-refractivity contribution is -0.147. The third-order valence-corrected chi connectivity index (χ3v) is 3.21. The van der Waals surface area contributed by atoms with Gasteiger partial charge in [0.15, 0.2) is 8.32 Å². The van der Waals surface area contributed by atoms with Crippen molar-refractivity contribution in [3.63, 3.8) is 0 Å². The summed E-state index contributed by atoms with van der Waals surface area (Å²) in [6.45, 7) is 10.4. The van der Waals surface area contributed by atoms with Gasteiger partial charge in [-0.05, 0) is 33.0 Å². The Kier molecular flexibility index (Phi) is 7.57. The fraction of sp³-hybridized carbons (Fsp3) is 0.818. The molecule has 1 N–H and O–H groups in total. The maximum Gasteiger partial charge on any atom is 0.331 e. The van der Waals surface area contributed by atoms with Gasteiger partial charge in [0, 0.05) is 0 Å². The molecule has 2 atom stereocenters. The van der Waals surface area contributed by atoms with E-state index in [0.29, 0.717) is 6.61 Å². The average Bonchev–Trinajstić information content (AvgIpc) is 2.22. The molecule has 0 aromatic carbocycles. The summed E-state index contributed by atoms with van der Waals surface area (Å²) >= 11 is 4.75. The first-order valence-corrected chi connectivity index (χ1v) is 9.77. The van der Waals surface area contributed by atoms with E-state index in [9.17, 15) is 4.79 Å². The summed E-state index contributed by atoms with van der Waals surface area (Å²) in [4.78, 5) is 11.8. The Bertz CT molecular complexity index is 256. The minimum Gasteiger partial charge on any atom is -0.464 e. The Morgan fingerprint density at radius 1 is 1.41 bits per heavy atom. The van der Waals surface area contributed by atoms with Crippen LogP contribution in [0.25, 0.3) is 0 Å². The van der Waals surface area contributed by atoms with E-state index in [1.165, 1.54) is 5.49 Å². The zero-order valence-electron chi connectivity index (χ0n) is 11.3. The molecule has 0 spiro atoms. The Morgan fingerprint density at radius 2 is 2.00 bits per heavy atom. The number of ether oxygens (including phenoxy) is 1. The van der Waals surface area contributed by atoms with Crippen LogP contribution in [-0.2, 0) is 14.0 Å². The van der Waals surface area contributed by atoms with Gasteiger partial charge in [-0.3, -0.25) is 0 Å². The van der Waals surface area contributed by atoms with Gasteiger partial charge in [0.2, 0.25) is 0 Å². The first-order valence-electron chi connectivity index (χ1n) is 5.89. The van der Waals surface area contributed by atoms with Crippen molar-refractivity contribution < 1.29 is 14.0 Å². The summed E-state index contributed by atoms with van der Waals surface area (Å²) in [5.74, 6) is -0.307. The summed E-state index contributed by atoms with van der Waals surface area (Å²) in [6, 6.07) is -0.510. The van der Waals surface area contributed by atoms with Crippen LogP contribution in [0.15, 0.2) is 0 Å². The molecule has 0 saturated heterocycles. The van der Waals surface area contributed by atoms with Crippen LogP contribution < -0.4 is 5.32 Å². The third-order valence-electron chi connectivity index (χ3n) is 2.07. The van der Waals surface area contributed by atoms with Crippen molar-refractivity contribution in [2.75, 3.05) is 6.61 Å². The van der Waals surface area contributed by atoms with E-state index in [1.807, 2.05) is 6.92 Å². The molecule has 0 amide bonds. The molecular formula is C11H23NO3SSi. The zero-order chi connectivity index (χ0) is 13.5. The van der Waals surface area contributed by atoms with Crippen molar-refractivity contribution in [1.29, 1.82) is 0 Å². The third kappa shape index (κ3) is 6.75. The standard InChI is InChI=1S/C11H23NO3SSi/c1-6-9(15-17(3,4)5)10(12-8-16)11(13)14-7-2/h8-10H,6-7H2,1-5H3,(H,12,16). The van der Waals surface area contributed by atoms with E-state index in [-0.39, 0.29) is 12.1 Å². The van der Waals surface area contributed by atoms with E-state index in [0.717, 1.165) is 6.42 Å². The van der Waals surface area contributed by atoms with Crippen molar-refractivity contribution in [3.8, 4) is 0 Å². The molecule has 0 aliphatic rings. The average molecular weight is 277 g/mol. The van der Waals surface area contributed by atoms with Gasteiger partial charge in [-0.1, -0.05) is 19.1 Å². The number of hydrogen-bond acceptors (Lipinski definition) is 4. The molecule has 0 aromatic rings. The molecular weight excluding hydrogens is 254 g/mol. The monoisotopic (exact) mass is 277 g/mol. The minimum absolute atomic E-state index is 0.195. The molecule has 0 aliphatic carbocycles. The van der Waals surface area contributed by atoms with Crippen LogP contribution in [0.1, 0.15) is 20.3 Å². The molecule has 0 radical (unpaired) electrons. The van der Waals surface area contributed by atoms with Crippen LogP contribution >= 0.6 is 12.2 Å². The Morgan fingerprint density at radius 3 is 2.35 bits per heavy atom. The van der Waals surface area contributed by atoms with Gasteiger partial charge in [-0.15, -0.1) is 0 Å². The number of carbonyl (C=O) groups excluding carboxylic acids is 1. The van der Waals surface area contributed by atoms with Crippen LogP contribution in [0.2, 0.25) is 19.6 Å². The van der Waals surface area contributed by atoms with E-state index in [1.54, 1.807) is 6.92 Å². The molecule has 2 unspecified atom stereocenters. The quantitative estimate of drug-likeness (QED) is 0.418. The van der Waals surface area contributed by atoms with Crippen LogP contribution in [0.3, 0.4) is 0 Å². The van der Waals surface area contributed by atoms with E-state index >= 15 is 0 Å². The second-order valence-electron chi connectivity index (χ2n) is 4.69. The van der Waals surface area contributed by atoms with Crippen LogP contribution in [0.4, 0.5) is 0 Å². The highest BCUT2D eigenvalue weighted by Crippen LogP contribution is 2.14. The number of rotatable bonds is 8. The zero-order valence-corrected chi connectivity index (χ0v) is 13.1. The Hall–Kier alpha value is -0.463. The smallest absolute Gasteiger partial charge is 0.331 e. The van der Waals surface area contributed by atoms with Gasteiger partial charge in [0.25, 0.3) is 0 Å². The molecule has 0 rings (SSSR count). The molecule has 0 saturated carbocycles.